The van der Waals surface area contributed by atoms with E-state index in [1.807, 2.05) is 104 Å². The number of aromatic nitrogens is 8. The Morgan fingerprint density at radius 2 is 0.990 bits per heavy atom. The molecule has 4 aromatic carbocycles. The summed E-state index contributed by atoms with van der Waals surface area (Å²) < 4.78 is 53.1. The van der Waals surface area contributed by atoms with Crippen molar-refractivity contribution in [2.75, 3.05) is 49.1 Å². The molecule has 17 nitrogen and oxygen atoms in total. The second kappa shape index (κ2) is 28.1. The van der Waals surface area contributed by atoms with E-state index in [0.29, 0.717) is 74.9 Å². The van der Waals surface area contributed by atoms with Gasteiger partial charge in [-0.15, -0.1) is 10.2 Å². The zero-order valence-electron chi connectivity index (χ0n) is 61.1. The van der Waals surface area contributed by atoms with Gasteiger partial charge in [-0.25, -0.2) is 28.0 Å². The molecule has 0 radical (unpaired) electrons. The molecule has 0 amide bonds. The van der Waals surface area contributed by atoms with E-state index in [9.17, 15) is 8.78 Å². The predicted octanol–water partition coefficient (Wildman–Crippen LogP) is 15.1. The van der Waals surface area contributed by atoms with Crippen LogP contribution in [-0.2, 0) is 75.9 Å². The summed E-state index contributed by atoms with van der Waals surface area (Å²) in [5.74, 6) is -0.790. The molecule has 4 aliphatic heterocycles. The lowest BCUT2D eigenvalue weighted by Crippen LogP contribution is -2.40. The van der Waals surface area contributed by atoms with Crippen LogP contribution in [0.4, 0.5) is 20.2 Å². The molecule has 2 atom stereocenters. The Bertz CT molecular complexity index is 4060. The monoisotopic (exact) mass is 1350 g/mol. The van der Waals surface area contributed by atoms with Gasteiger partial charge in [-0.05, 0) is 212 Å². The highest BCUT2D eigenvalue weighted by Gasteiger charge is 2.44. The number of nitrogens with zero attached hydrogens (tertiary/aromatic N) is 12. The zero-order valence-corrected chi connectivity index (χ0v) is 61.1. The number of carbonyl (C=O) groups excluding carboxylic acids is 2. The van der Waals surface area contributed by atoms with Gasteiger partial charge in [0.2, 0.25) is 0 Å². The second-order valence-electron chi connectivity index (χ2n) is 31.8. The number of hydrogen-bond acceptors (Lipinski definition) is 15. The topological polar surface area (TPSA) is 162 Å². The molecule has 19 heteroatoms. The van der Waals surface area contributed by atoms with E-state index in [0.717, 1.165) is 144 Å². The molecule has 2 fully saturated rings. The Morgan fingerprint density at radius 1 is 0.545 bits per heavy atom. The van der Waals surface area contributed by atoms with E-state index in [-0.39, 0.29) is 22.5 Å². The molecule has 8 aromatic rings. The Kier molecular flexibility index (Phi) is 20.1. The van der Waals surface area contributed by atoms with Crippen LogP contribution < -0.4 is 9.80 Å². The molecule has 8 heterocycles. The van der Waals surface area contributed by atoms with E-state index < -0.39 is 35.3 Å². The number of fused-ring (bicyclic) bond motifs is 2. The summed E-state index contributed by atoms with van der Waals surface area (Å²) in [6.45, 7) is 40.2. The van der Waals surface area contributed by atoms with Crippen molar-refractivity contribution in [1.29, 1.82) is 0 Å². The number of anilines is 2. The number of esters is 2. The summed E-state index contributed by atoms with van der Waals surface area (Å²) >= 11 is 0. The molecule has 4 aliphatic rings. The first-order chi connectivity index (χ1) is 46.8. The van der Waals surface area contributed by atoms with Gasteiger partial charge in [-0.2, -0.15) is 5.10 Å². The summed E-state index contributed by atoms with van der Waals surface area (Å²) in [5, 5.41) is 13.4. The van der Waals surface area contributed by atoms with Gasteiger partial charge in [-0.3, -0.25) is 19.8 Å². The summed E-state index contributed by atoms with van der Waals surface area (Å²) in [5.41, 5.74) is 16.0. The van der Waals surface area contributed by atoms with E-state index in [1.54, 1.807) is 30.9 Å². The summed E-state index contributed by atoms with van der Waals surface area (Å²) in [6, 6.07) is 23.4. The average Bonchev–Trinajstić information content (AvgIpc) is 0.863. The fourth-order valence-corrected chi connectivity index (χ4v) is 14.9. The number of carbonyl (C=O) groups is 2. The fraction of sp³-hybridized carbons (Fsp3) is 0.500. The van der Waals surface area contributed by atoms with Crippen LogP contribution in [0.5, 0.6) is 0 Å². The Balaban J connectivity index is 0.986. The van der Waals surface area contributed by atoms with Gasteiger partial charge in [0.1, 0.15) is 35.9 Å². The number of pyridine rings is 2. The van der Waals surface area contributed by atoms with Crippen LogP contribution in [0.2, 0.25) is 0 Å². The van der Waals surface area contributed by atoms with Gasteiger partial charge in [-0.1, -0.05) is 76.2 Å². The summed E-state index contributed by atoms with van der Waals surface area (Å²) in [4.78, 5) is 57.7. The van der Waals surface area contributed by atoms with Crippen molar-refractivity contribution in [2.45, 2.75) is 212 Å². The quantitative estimate of drug-likeness (QED) is 0.0589. The van der Waals surface area contributed by atoms with Gasteiger partial charge >= 0.3 is 11.9 Å². The molecule has 0 unspecified atom stereocenters. The van der Waals surface area contributed by atoms with Crippen LogP contribution in [0.15, 0.2) is 85.5 Å². The van der Waals surface area contributed by atoms with Crippen molar-refractivity contribution in [1.82, 2.24) is 49.3 Å². The largest absolute Gasteiger partial charge is 0.389 e. The molecule has 0 bridgehead atoms. The van der Waals surface area contributed by atoms with Crippen molar-refractivity contribution in [3.63, 3.8) is 0 Å². The van der Waals surface area contributed by atoms with Crippen molar-refractivity contribution in [3.8, 4) is 22.3 Å². The molecule has 2 saturated heterocycles. The van der Waals surface area contributed by atoms with Crippen molar-refractivity contribution >= 4 is 23.3 Å². The first-order valence-electron chi connectivity index (χ1n) is 35.4. The van der Waals surface area contributed by atoms with Crippen molar-refractivity contribution in [3.05, 3.63) is 187 Å². The van der Waals surface area contributed by atoms with E-state index in [4.69, 9.17) is 24.2 Å². The number of ether oxygens (including phenoxy) is 3. The molecule has 0 saturated carbocycles. The molecule has 0 spiro atoms. The molecule has 0 N–H and O–H groups in total. The SMILES string of the molecule is Cc1cc(F)ccc1CN1CCc2cc(-c3c(Cn4cnnc4C)nc(C)c([C@H](OC(C)(C)C)C(=O)OC(=O)[C@@H](OC(C)(C)C)c4c(C)nc(Cn5ncnc5C)c(-c5ccc6c(c5)CCN(Cc5ccc(F)cc5C)C6)c4N4CCC(C)(C)CC4)c3N3CCC(C)(C)CC3)ccc2C1. The maximum Gasteiger partial charge on any atom is 0.347 e. The maximum absolute atomic E-state index is 16.3. The van der Waals surface area contributed by atoms with Gasteiger partial charge in [0.15, 0.2) is 12.2 Å². The summed E-state index contributed by atoms with van der Waals surface area (Å²) in [7, 11) is 0. The maximum atomic E-state index is 16.3. The van der Waals surface area contributed by atoms with Crippen LogP contribution >= 0.6 is 0 Å². The highest BCUT2D eigenvalue weighted by Crippen LogP contribution is 2.49. The van der Waals surface area contributed by atoms with E-state index >= 15 is 9.59 Å². The van der Waals surface area contributed by atoms with E-state index in [2.05, 4.69) is 104 Å². The van der Waals surface area contributed by atoms with Gasteiger partial charge in [0.05, 0.1) is 47.1 Å². The lowest BCUT2D eigenvalue weighted by molar-refractivity contribution is -0.186. The van der Waals surface area contributed by atoms with Gasteiger partial charge in [0.25, 0.3) is 0 Å². The third-order valence-electron chi connectivity index (χ3n) is 20.7. The van der Waals surface area contributed by atoms with Crippen LogP contribution in [0.25, 0.3) is 22.3 Å². The number of aryl methyl sites for hydroxylation is 6. The minimum Gasteiger partial charge on any atom is -0.389 e. The molecule has 4 aromatic heterocycles. The van der Waals surface area contributed by atoms with Crippen molar-refractivity contribution < 1.29 is 32.6 Å². The third kappa shape index (κ3) is 16.1. The molecule has 12 rings (SSSR count). The van der Waals surface area contributed by atoms with Crippen LogP contribution in [-0.4, -0.2) is 112 Å². The number of piperidine rings is 2. The first kappa shape index (κ1) is 70.8. The predicted molar refractivity (Wildman–Crippen MR) is 383 cm³/mol. The molecular weight excluding hydrogens is 1250 g/mol. The minimum atomic E-state index is -1.46. The standard InChI is InChI=1S/C80H100F2N12O5/c1-49-37-63(81)23-21-59(49)41-89-31-25-55-39-57(17-19-61(55)43-89)69-65(45-93-48-84-88-54(93)6)86-51(3)67(71(69)91-33-27-79(13,14)28-34-91)73(98-77(7,8)9)75(95)97-76(96)74(99-78(10,11)12)68-52(4)87-66(46-94-53(5)83-47-85-94)70(72(68)92-35-29-80(15,16)30-36-92)58-18-20-62-44-90(32-26-56(62)40-58)42-60-22-24-64(82)38-50(60)2/h17-24,37-40,47-48,73-74H,25-36,41-46H2,1-16H3/t73-,74-/m0/s1. The molecule has 0 aliphatic carbocycles. The molecular formula is C80H100F2N12O5. The normalized spacial score (nSPS) is 17.3. The first-order valence-corrected chi connectivity index (χ1v) is 35.4. The van der Waals surface area contributed by atoms with Gasteiger partial charge < -0.3 is 28.6 Å². The molecule has 524 valence electrons. The number of hydrogen-bond donors (Lipinski definition) is 0. The smallest absolute Gasteiger partial charge is 0.347 e. The van der Waals surface area contributed by atoms with Crippen molar-refractivity contribution in [2.24, 2.45) is 10.8 Å². The lowest BCUT2D eigenvalue weighted by atomic mass is 9.81. The number of benzene rings is 4. The van der Waals surface area contributed by atoms with Gasteiger partial charge in [0, 0.05) is 99.1 Å². The fourth-order valence-electron chi connectivity index (χ4n) is 14.9. The average molecular weight is 1350 g/mol. The highest BCUT2D eigenvalue weighted by molar-refractivity contribution is 5.96. The minimum absolute atomic E-state index is 0.0523. The molecule has 99 heavy (non-hydrogen) atoms. The Labute approximate surface area is 583 Å². The summed E-state index contributed by atoms with van der Waals surface area (Å²) in [6.07, 6.45) is 5.47. The van der Waals surface area contributed by atoms with Crippen LogP contribution in [0.3, 0.4) is 0 Å². The Hall–Kier alpha value is -8.10. The number of halogens is 2. The van der Waals surface area contributed by atoms with Crippen LogP contribution in [0, 0.1) is 64.0 Å². The number of rotatable bonds is 18. The zero-order chi connectivity index (χ0) is 70.6. The lowest BCUT2D eigenvalue weighted by Gasteiger charge is -2.42. The van der Waals surface area contributed by atoms with Crippen LogP contribution in [0.1, 0.15) is 197 Å². The second-order valence-corrected chi connectivity index (χ2v) is 31.8. The van der Waals surface area contributed by atoms with E-state index in [1.165, 1.54) is 28.3 Å². The Morgan fingerprint density at radius 3 is 1.38 bits per heavy atom. The highest BCUT2D eigenvalue weighted by atomic mass is 19.1. The third-order valence-corrected chi connectivity index (χ3v) is 20.7.